The molecule has 0 radical (unpaired) electrons. The van der Waals surface area contributed by atoms with Gasteiger partial charge in [-0.05, 0) is 12.1 Å². The Morgan fingerprint density at radius 3 is 2.46 bits per heavy atom. The van der Waals surface area contributed by atoms with Gasteiger partial charge in [0, 0.05) is 5.41 Å². The fourth-order valence-electron chi connectivity index (χ4n) is 1.19. The molecule has 0 spiro atoms. The number of rotatable bonds is 0. The molecule has 0 bridgehead atoms. The standard InChI is InChI=1S/C11H13NS/c1-11(2,3)10-12-8-6-4-5-7-9(8)13-10/h4-7H,1-3H3. The van der Waals surface area contributed by atoms with Gasteiger partial charge in [-0.3, -0.25) is 0 Å². The molecule has 2 aromatic rings. The van der Waals surface area contributed by atoms with Gasteiger partial charge in [-0.1, -0.05) is 32.9 Å². The Bertz CT molecular complexity index is 390. The summed E-state index contributed by atoms with van der Waals surface area (Å²) in [7, 11) is 0. The summed E-state index contributed by atoms with van der Waals surface area (Å²) in [5.74, 6) is 0. The Kier molecular flexibility index (Phi) is 1.88. The van der Waals surface area contributed by atoms with Gasteiger partial charge in [-0.2, -0.15) is 0 Å². The maximum Gasteiger partial charge on any atom is 0.0992 e. The second kappa shape index (κ2) is 2.81. The van der Waals surface area contributed by atoms with Gasteiger partial charge in [0.2, 0.25) is 0 Å². The molecular formula is C11H13NS. The lowest BCUT2D eigenvalue weighted by molar-refractivity contribution is 0.587. The molecular weight excluding hydrogens is 178 g/mol. The van der Waals surface area contributed by atoms with E-state index in [1.165, 1.54) is 9.71 Å². The first-order valence-electron chi connectivity index (χ1n) is 4.43. The highest BCUT2D eigenvalue weighted by atomic mass is 32.1. The number of hydrogen-bond acceptors (Lipinski definition) is 2. The zero-order valence-electron chi connectivity index (χ0n) is 8.16. The molecule has 0 aliphatic carbocycles. The van der Waals surface area contributed by atoms with E-state index in [4.69, 9.17) is 0 Å². The first-order valence-corrected chi connectivity index (χ1v) is 5.25. The van der Waals surface area contributed by atoms with Crippen LogP contribution in [0.5, 0.6) is 0 Å². The van der Waals surface area contributed by atoms with E-state index in [0.29, 0.717) is 0 Å². The van der Waals surface area contributed by atoms with Gasteiger partial charge in [0.1, 0.15) is 0 Å². The van der Waals surface area contributed by atoms with Crippen LogP contribution in [0.15, 0.2) is 24.3 Å². The molecule has 2 heteroatoms. The highest BCUT2D eigenvalue weighted by Crippen LogP contribution is 2.30. The number of para-hydroxylation sites is 1. The Hall–Kier alpha value is -0.890. The first kappa shape index (κ1) is 8.70. The molecule has 1 aromatic heterocycles. The van der Waals surface area contributed by atoms with E-state index in [2.05, 4.69) is 44.0 Å². The molecule has 0 fully saturated rings. The zero-order valence-corrected chi connectivity index (χ0v) is 8.98. The van der Waals surface area contributed by atoms with Gasteiger partial charge < -0.3 is 0 Å². The van der Waals surface area contributed by atoms with Crippen molar-refractivity contribution in [3.8, 4) is 0 Å². The summed E-state index contributed by atoms with van der Waals surface area (Å²) in [6, 6.07) is 8.30. The highest BCUT2D eigenvalue weighted by molar-refractivity contribution is 7.18. The summed E-state index contributed by atoms with van der Waals surface area (Å²) in [6.45, 7) is 6.60. The van der Waals surface area contributed by atoms with Crippen molar-refractivity contribution in [3.63, 3.8) is 0 Å². The van der Waals surface area contributed by atoms with E-state index >= 15 is 0 Å². The van der Waals surface area contributed by atoms with E-state index in [1.54, 1.807) is 11.3 Å². The molecule has 0 amide bonds. The molecule has 0 aliphatic rings. The van der Waals surface area contributed by atoms with Crippen LogP contribution in [0.2, 0.25) is 0 Å². The lowest BCUT2D eigenvalue weighted by atomic mass is 9.98. The van der Waals surface area contributed by atoms with Crippen LogP contribution in [0.3, 0.4) is 0 Å². The number of hydrogen-bond donors (Lipinski definition) is 0. The first-order chi connectivity index (χ1) is 6.07. The fourth-order valence-corrected chi connectivity index (χ4v) is 2.22. The largest absolute Gasteiger partial charge is 0.241 e. The number of aromatic nitrogens is 1. The maximum absolute atomic E-state index is 4.60. The van der Waals surface area contributed by atoms with Crippen molar-refractivity contribution in [2.75, 3.05) is 0 Å². The molecule has 2 rings (SSSR count). The highest BCUT2D eigenvalue weighted by Gasteiger charge is 2.18. The van der Waals surface area contributed by atoms with Gasteiger partial charge in [0.25, 0.3) is 0 Å². The average molecular weight is 191 g/mol. The normalized spacial score (nSPS) is 12.2. The number of nitrogens with zero attached hydrogens (tertiary/aromatic N) is 1. The van der Waals surface area contributed by atoms with Crippen LogP contribution in [-0.4, -0.2) is 4.98 Å². The van der Waals surface area contributed by atoms with Crippen LogP contribution in [0.4, 0.5) is 0 Å². The van der Waals surface area contributed by atoms with E-state index in [0.717, 1.165) is 5.52 Å². The Morgan fingerprint density at radius 1 is 1.15 bits per heavy atom. The van der Waals surface area contributed by atoms with Crippen LogP contribution >= 0.6 is 11.3 Å². The van der Waals surface area contributed by atoms with Crippen LogP contribution in [0, 0.1) is 0 Å². The predicted molar refractivity (Wildman–Crippen MR) is 58.3 cm³/mol. The molecule has 13 heavy (non-hydrogen) atoms. The van der Waals surface area contributed by atoms with Crippen LogP contribution in [0.25, 0.3) is 10.2 Å². The smallest absolute Gasteiger partial charge is 0.0992 e. The lowest BCUT2D eigenvalue weighted by Crippen LogP contribution is -2.09. The second-order valence-electron chi connectivity index (χ2n) is 4.24. The minimum absolute atomic E-state index is 0.170. The Morgan fingerprint density at radius 2 is 1.85 bits per heavy atom. The molecule has 0 unspecified atom stereocenters. The van der Waals surface area contributed by atoms with Crippen molar-refractivity contribution in [2.24, 2.45) is 0 Å². The summed E-state index contributed by atoms with van der Waals surface area (Å²) in [6.07, 6.45) is 0. The van der Waals surface area contributed by atoms with Crippen LogP contribution in [0.1, 0.15) is 25.8 Å². The van der Waals surface area contributed by atoms with Gasteiger partial charge in [0.05, 0.1) is 15.2 Å². The summed E-state index contributed by atoms with van der Waals surface area (Å²) in [5.41, 5.74) is 1.29. The summed E-state index contributed by atoms with van der Waals surface area (Å²) in [5, 5.41) is 1.22. The van der Waals surface area contributed by atoms with E-state index < -0.39 is 0 Å². The molecule has 0 atom stereocenters. The van der Waals surface area contributed by atoms with Crippen LogP contribution in [-0.2, 0) is 5.41 Å². The van der Waals surface area contributed by atoms with Gasteiger partial charge in [0.15, 0.2) is 0 Å². The minimum atomic E-state index is 0.170. The van der Waals surface area contributed by atoms with Crippen molar-refractivity contribution >= 4 is 21.6 Å². The monoisotopic (exact) mass is 191 g/mol. The second-order valence-corrected chi connectivity index (χ2v) is 5.27. The average Bonchev–Trinajstić information content (AvgIpc) is 2.45. The number of benzene rings is 1. The van der Waals surface area contributed by atoms with Gasteiger partial charge in [-0.25, -0.2) is 4.98 Å². The molecule has 1 heterocycles. The van der Waals surface area contributed by atoms with Crippen molar-refractivity contribution < 1.29 is 0 Å². The van der Waals surface area contributed by atoms with E-state index in [1.807, 2.05) is 6.07 Å². The van der Waals surface area contributed by atoms with Gasteiger partial charge >= 0.3 is 0 Å². The summed E-state index contributed by atoms with van der Waals surface area (Å²) >= 11 is 1.79. The molecule has 68 valence electrons. The van der Waals surface area contributed by atoms with Crippen molar-refractivity contribution in [3.05, 3.63) is 29.3 Å². The molecule has 0 N–H and O–H groups in total. The minimum Gasteiger partial charge on any atom is -0.241 e. The van der Waals surface area contributed by atoms with Crippen molar-refractivity contribution in [1.29, 1.82) is 0 Å². The van der Waals surface area contributed by atoms with Crippen LogP contribution < -0.4 is 0 Å². The van der Waals surface area contributed by atoms with Crippen molar-refractivity contribution in [2.45, 2.75) is 26.2 Å². The number of thiazole rings is 1. The van der Waals surface area contributed by atoms with Crippen molar-refractivity contribution in [1.82, 2.24) is 4.98 Å². The lowest BCUT2D eigenvalue weighted by Gasteiger charge is -2.13. The predicted octanol–water partition coefficient (Wildman–Crippen LogP) is 3.59. The van der Waals surface area contributed by atoms with E-state index in [-0.39, 0.29) is 5.41 Å². The fraction of sp³-hybridized carbons (Fsp3) is 0.364. The van der Waals surface area contributed by atoms with E-state index in [9.17, 15) is 0 Å². The SMILES string of the molecule is CC(C)(C)c1nc2ccccc2s1. The molecule has 1 aromatic carbocycles. The Balaban J connectivity index is 2.63. The Labute approximate surface area is 82.4 Å². The topological polar surface area (TPSA) is 12.9 Å². The molecule has 0 saturated carbocycles. The maximum atomic E-state index is 4.60. The summed E-state index contributed by atoms with van der Waals surface area (Å²) in [4.78, 5) is 4.60. The number of fused-ring (bicyclic) bond motifs is 1. The third-order valence-electron chi connectivity index (χ3n) is 1.94. The molecule has 0 aliphatic heterocycles. The molecule has 0 saturated heterocycles. The zero-order chi connectivity index (χ0) is 9.47. The quantitative estimate of drug-likeness (QED) is 0.620. The third-order valence-corrected chi connectivity index (χ3v) is 3.40. The van der Waals surface area contributed by atoms with Gasteiger partial charge in [-0.15, -0.1) is 11.3 Å². The molecule has 1 nitrogen and oxygen atoms in total. The summed E-state index contributed by atoms with van der Waals surface area (Å²) < 4.78 is 1.28. The third kappa shape index (κ3) is 1.59.